The summed E-state index contributed by atoms with van der Waals surface area (Å²) >= 11 is 3.48. The highest BCUT2D eigenvalue weighted by Crippen LogP contribution is 2.18. The molecule has 3 nitrogen and oxygen atoms in total. The second-order valence-electron chi connectivity index (χ2n) is 6.69. The zero-order chi connectivity index (χ0) is 18.0. The molecule has 140 valence electrons. The van der Waals surface area contributed by atoms with Gasteiger partial charge in [-0.1, -0.05) is 40.2 Å². The van der Waals surface area contributed by atoms with Gasteiger partial charge in [-0.2, -0.15) is 0 Å². The normalized spacial score (nSPS) is 17.2. The quantitative estimate of drug-likeness (QED) is 0.474. The molecule has 2 aromatic carbocycles. The lowest BCUT2D eigenvalue weighted by Gasteiger charge is -2.22. The molecule has 1 fully saturated rings. The zero-order valence-electron chi connectivity index (χ0n) is 15.2. The Bertz CT molecular complexity index is 651. The molecule has 0 spiro atoms. The molecule has 1 saturated heterocycles. The maximum absolute atomic E-state index is 5.86. The number of unbranched alkanes of at least 4 members (excludes halogenated alkanes) is 1. The molecule has 1 unspecified atom stereocenters. The van der Waals surface area contributed by atoms with Crippen LogP contribution in [0.5, 0.6) is 5.75 Å². The van der Waals surface area contributed by atoms with Crippen LogP contribution < -0.4 is 4.74 Å². The molecule has 0 aromatic heterocycles. The summed E-state index contributed by atoms with van der Waals surface area (Å²) in [6.07, 6.45) is 6.74. The first-order valence-electron chi connectivity index (χ1n) is 9.49. The number of aryl methyl sites for hydroxylation is 1. The van der Waals surface area contributed by atoms with Crippen LogP contribution in [0.15, 0.2) is 53.0 Å². The van der Waals surface area contributed by atoms with E-state index in [0.717, 1.165) is 54.7 Å². The lowest BCUT2D eigenvalue weighted by molar-refractivity contribution is -0.162. The van der Waals surface area contributed by atoms with Crippen molar-refractivity contribution >= 4 is 15.9 Å². The van der Waals surface area contributed by atoms with Crippen molar-refractivity contribution in [3.8, 4) is 5.75 Å². The average Bonchev–Trinajstić information content (AvgIpc) is 2.68. The summed E-state index contributed by atoms with van der Waals surface area (Å²) in [6.45, 7) is 2.22. The average molecular weight is 419 g/mol. The van der Waals surface area contributed by atoms with Crippen molar-refractivity contribution < 1.29 is 14.2 Å². The lowest BCUT2D eigenvalue weighted by atomic mass is 10.1. The van der Waals surface area contributed by atoms with E-state index in [1.807, 2.05) is 12.1 Å². The van der Waals surface area contributed by atoms with Crippen molar-refractivity contribution in [2.24, 2.45) is 0 Å². The molecule has 0 saturated carbocycles. The van der Waals surface area contributed by atoms with Crippen molar-refractivity contribution in [2.75, 3.05) is 13.2 Å². The Kier molecular flexibility index (Phi) is 7.99. The molecular formula is C22H27BrO3. The Morgan fingerprint density at radius 1 is 1.00 bits per heavy atom. The third-order valence-corrected chi connectivity index (χ3v) is 5.01. The van der Waals surface area contributed by atoms with E-state index in [0.29, 0.717) is 6.61 Å². The number of rotatable bonds is 9. The molecule has 0 N–H and O–H groups in total. The fraction of sp³-hybridized carbons (Fsp3) is 0.455. The zero-order valence-corrected chi connectivity index (χ0v) is 16.7. The monoisotopic (exact) mass is 418 g/mol. The van der Waals surface area contributed by atoms with E-state index in [9.17, 15) is 0 Å². The van der Waals surface area contributed by atoms with Gasteiger partial charge in [0.25, 0.3) is 0 Å². The molecule has 2 aromatic rings. The second kappa shape index (κ2) is 10.7. The molecule has 0 aliphatic carbocycles. The van der Waals surface area contributed by atoms with E-state index in [4.69, 9.17) is 14.2 Å². The van der Waals surface area contributed by atoms with Gasteiger partial charge in [0.2, 0.25) is 0 Å². The molecule has 1 atom stereocenters. The van der Waals surface area contributed by atoms with Gasteiger partial charge in [0.1, 0.15) is 12.4 Å². The molecule has 0 bridgehead atoms. The van der Waals surface area contributed by atoms with Gasteiger partial charge in [-0.25, -0.2) is 0 Å². The minimum Gasteiger partial charge on any atom is -0.489 e. The summed E-state index contributed by atoms with van der Waals surface area (Å²) in [5.41, 5.74) is 2.50. The molecule has 1 heterocycles. The predicted molar refractivity (Wildman–Crippen MR) is 107 cm³/mol. The summed E-state index contributed by atoms with van der Waals surface area (Å²) in [6, 6.07) is 16.6. The van der Waals surface area contributed by atoms with E-state index in [-0.39, 0.29) is 6.29 Å². The van der Waals surface area contributed by atoms with Gasteiger partial charge < -0.3 is 14.2 Å². The molecule has 3 rings (SSSR count). The van der Waals surface area contributed by atoms with Crippen LogP contribution in [0, 0.1) is 0 Å². The number of hydrogen-bond acceptors (Lipinski definition) is 3. The van der Waals surface area contributed by atoms with Gasteiger partial charge in [0.15, 0.2) is 6.29 Å². The molecule has 1 aliphatic heterocycles. The molecular weight excluding hydrogens is 392 g/mol. The molecule has 0 radical (unpaired) electrons. The SMILES string of the molecule is Brc1cccc(COc2ccc(CCCCOC3CCCCO3)cc2)c1. The Morgan fingerprint density at radius 2 is 1.88 bits per heavy atom. The molecule has 4 heteroatoms. The van der Waals surface area contributed by atoms with Gasteiger partial charge >= 0.3 is 0 Å². The maximum Gasteiger partial charge on any atom is 0.157 e. The third kappa shape index (κ3) is 6.75. The van der Waals surface area contributed by atoms with E-state index >= 15 is 0 Å². The summed E-state index contributed by atoms with van der Waals surface area (Å²) in [5.74, 6) is 0.909. The smallest absolute Gasteiger partial charge is 0.157 e. The summed E-state index contributed by atoms with van der Waals surface area (Å²) in [4.78, 5) is 0. The Labute approximate surface area is 164 Å². The van der Waals surface area contributed by atoms with Gasteiger partial charge in [-0.15, -0.1) is 0 Å². The van der Waals surface area contributed by atoms with Crippen LogP contribution in [0.2, 0.25) is 0 Å². The van der Waals surface area contributed by atoms with Crippen molar-refractivity contribution in [1.82, 2.24) is 0 Å². The minimum absolute atomic E-state index is 0.0328. The Morgan fingerprint density at radius 3 is 2.65 bits per heavy atom. The van der Waals surface area contributed by atoms with E-state index in [2.05, 4.69) is 52.3 Å². The predicted octanol–water partition coefficient (Wildman–Crippen LogP) is 5.89. The minimum atomic E-state index is 0.0328. The molecule has 26 heavy (non-hydrogen) atoms. The second-order valence-corrected chi connectivity index (χ2v) is 7.60. The van der Waals surface area contributed by atoms with Crippen LogP contribution in [0.25, 0.3) is 0 Å². The van der Waals surface area contributed by atoms with Crippen molar-refractivity contribution in [3.63, 3.8) is 0 Å². The number of benzene rings is 2. The first kappa shape index (κ1) is 19.4. The van der Waals surface area contributed by atoms with Crippen LogP contribution in [0.3, 0.4) is 0 Å². The van der Waals surface area contributed by atoms with Gasteiger partial charge in [-0.3, -0.25) is 0 Å². The van der Waals surface area contributed by atoms with E-state index in [1.54, 1.807) is 0 Å². The highest BCUT2D eigenvalue weighted by Gasteiger charge is 2.13. The Balaban J connectivity index is 1.32. The third-order valence-electron chi connectivity index (χ3n) is 4.52. The summed E-state index contributed by atoms with van der Waals surface area (Å²) in [7, 11) is 0. The summed E-state index contributed by atoms with van der Waals surface area (Å²) < 4.78 is 18.3. The first-order chi connectivity index (χ1) is 12.8. The molecule has 1 aliphatic rings. The number of ether oxygens (including phenoxy) is 3. The van der Waals surface area contributed by atoms with Crippen LogP contribution in [-0.2, 0) is 22.5 Å². The largest absolute Gasteiger partial charge is 0.489 e. The standard InChI is InChI=1S/C22H27BrO3/c23-20-8-5-7-19(16-20)17-26-21-12-10-18(11-13-21)6-1-3-14-24-22-9-2-4-15-25-22/h5,7-8,10-13,16,22H,1-4,6,9,14-15,17H2. The highest BCUT2D eigenvalue weighted by molar-refractivity contribution is 9.10. The van der Waals surface area contributed by atoms with Crippen molar-refractivity contribution in [3.05, 3.63) is 64.1 Å². The maximum atomic E-state index is 5.86. The Hall–Kier alpha value is -1.36. The van der Waals surface area contributed by atoms with Crippen molar-refractivity contribution in [1.29, 1.82) is 0 Å². The van der Waals surface area contributed by atoms with E-state index < -0.39 is 0 Å². The molecule has 0 amide bonds. The first-order valence-corrected chi connectivity index (χ1v) is 10.3. The lowest BCUT2D eigenvalue weighted by Crippen LogP contribution is -2.22. The van der Waals surface area contributed by atoms with Crippen LogP contribution in [0.1, 0.15) is 43.2 Å². The van der Waals surface area contributed by atoms with Gasteiger partial charge in [-0.05, 0) is 73.9 Å². The fourth-order valence-corrected chi connectivity index (χ4v) is 3.48. The van der Waals surface area contributed by atoms with Gasteiger partial charge in [0, 0.05) is 17.7 Å². The van der Waals surface area contributed by atoms with E-state index in [1.165, 1.54) is 18.4 Å². The summed E-state index contributed by atoms with van der Waals surface area (Å²) in [5, 5.41) is 0. The van der Waals surface area contributed by atoms with Crippen molar-refractivity contribution in [2.45, 2.75) is 51.4 Å². The van der Waals surface area contributed by atoms with Crippen LogP contribution >= 0.6 is 15.9 Å². The van der Waals surface area contributed by atoms with Gasteiger partial charge in [0.05, 0.1) is 0 Å². The number of halogens is 1. The fourth-order valence-electron chi connectivity index (χ4n) is 3.03. The topological polar surface area (TPSA) is 27.7 Å². The van der Waals surface area contributed by atoms with Crippen LogP contribution in [0.4, 0.5) is 0 Å². The number of hydrogen-bond donors (Lipinski definition) is 0. The van der Waals surface area contributed by atoms with Crippen LogP contribution in [-0.4, -0.2) is 19.5 Å². The highest BCUT2D eigenvalue weighted by atomic mass is 79.9.